The van der Waals surface area contributed by atoms with Gasteiger partial charge < -0.3 is 28.8 Å². The average molecular weight is 432 g/mol. The van der Waals surface area contributed by atoms with E-state index in [0.29, 0.717) is 50.3 Å². The molecular weight excluding hydrogens is 398 g/mol. The molecule has 0 saturated carbocycles. The molecule has 0 fully saturated rings. The van der Waals surface area contributed by atoms with Gasteiger partial charge >= 0.3 is 0 Å². The summed E-state index contributed by atoms with van der Waals surface area (Å²) in [6, 6.07) is 11.8. The summed E-state index contributed by atoms with van der Waals surface area (Å²) in [6.07, 6.45) is -0.590. The molecule has 1 heterocycles. The van der Waals surface area contributed by atoms with Gasteiger partial charge in [0.1, 0.15) is 0 Å². The van der Waals surface area contributed by atoms with Gasteiger partial charge in [0.2, 0.25) is 6.79 Å². The van der Waals surface area contributed by atoms with Crippen LogP contribution in [-0.2, 0) is 17.8 Å². The second-order valence-corrected chi connectivity index (χ2v) is 8.13. The third-order valence-electron chi connectivity index (χ3n) is 4.93. The van der Waals surface area contributed by atoms with Crippen molar-refractivity contribution in [3.8, 4) is 23.0 Å². The predicted octanol–water partition coefficient (Wildman–Crippen LogP) is 3.47. The molecule has 0 bridgehead atoms. The number of aliphatic hydroxyl groups excluding tert-OH is 1. The van der Waals surface area contributed by atoms with Gasteiger partial charge in [-0.2, -0.15) is 0 Å². The minimum Gasteiger partial charge on any atom is -0.493 e. The van der Waals surface area contributed by atoms with Crippen LogP contribution < -0.4 is 18.9 Å². The largest absolute Gasteiger partial charge is 0.493 e. The Morgan fingerprint density at radius 1 is 0.903 bits per heavy atom. The lowest BCUT2D eigenvalue weighted by atomic mass is 10.1. The molecule has 3 rings (SSSR count). The van der Waals surface area contributed by atoms with Crippen LogP contribution in [0.2, 0.25) is 0 Å². The van der Waals surface area contributed by atoms with Crippen molar-refractivity contribution in [2.24, 2.45) is 5.92 Å². The Kier molecular flexibility index (Phi) is 8.40. The minimum atomic E-state index is -0.590. The maximum Gasteiger partial charge on any atom is 0.231 e. The van der Waals surface area contributed by atoms with Gasteiger partial charge in [-0.1, -0.05) is 26.0 Å². The van der Waals surface area contributed by atoms with Crippen LogP contribution >= 0.6 is 0 Å². The number of methoxy groups -OCH3 is 2. The van der Waals surface area contributed by atoms with Crippen molar-refractivity contribution in [3.05, 3.63) is 47.5 Å². The summed E-state index contributed by atoms with van der Waals surface area (Å²) in [5.74, 6) is 3.32. The Balaban J connectivity index is 1.72. The molecule has 0 aromatic heterocycles. The molecule has 1 aliphatic rings. The smallest absolute Gasteiger partial charge is 0.231 e. The molecule has 0 aliphatic carbocycles. The molecule has 1 atom stereocenters. The van der Waals surface area contributed by atoms with Gasteiger partial charge in [0.25, 0.3) is 0 Å². The summed E-state index contributed by atoms with van der Waals surface area (Å²) in [5, 5.41) is 10.6. The van der Waals surface area contributed by atoms with Crippen molar-refractivity contribution >= 4 is 0 Å². The zero-order valence-electron chi connectivity index (χ0n) is 18.8. The van der Waals surface area contributed by atoms with E-state index in [1.54, 1.807) is 14.2 Å². The van der Waals surface area contributed by atoms with Crippen LogP contribution in [0.1, 0.15) is 25.0 Å². The fourth-order valence-corrected chi connectivity index (χ4v) is 3.51. The number of rotatable bonds is 12. The van der Waals surface area contributed by atoms with Gasteiger partial charge in [0.05, 0.1) is 26.9 Å². The number of nitrogens with zero attached hydrogens (tertiary/aromatic N) is 1. The average Bonchev–Trinajstić information content (AvgIpc) is 3.21. The van der Waals surface area contributed by atoms with E-state index in [1.807, 2.05) is 36.4 Å². The fourth-order valence-electron chi connectivity index (χ4n) is 3.51. The van der Waals surface area contributed by atoms with Gasteiger partial charge in [-0.3, -0.25) is 4.90 Å². The van der Waals surface area contributed by atoms with Crippen molar-refractivity contribution in [2.75, 3.05) is 40.8 Å². The molecule has 1 aliphatic heterocycles. The maximum atomic E-state index is 10.6. The van der Waals surface area contributed by atoms with E-state index in [9.17, 15) is 5.11 Å². The number of hydrogen-bond acceptors (Lipinski definition) is 7. The number of ether oxygens (including phenoxy) is 5. The van der Waals surface area contributed by atoms with E-state index in [0.717, 1.165) is 22.6 Å². The van der Waals surface area contributed by atoms with Crippen molar-refractivity contribution < 1.29 is 28.8 Å². The molecule has 31 heavy (non-hydrogen) atoms. The molecule has 0 radical (unpaired) electrons. The van der Waals surface area contributed by atoms with Crippen molar-refractivity contribution in [2.45, 2.75) is 33.0 Å². The molecule has 7 heteroatoms. The summed E-state index contributed by atoms with van der Waals surface area (Å²) in [6.45, 7) is 7.13. The first-order chi connectivity index (χ1) is 15.0. The van der Waals surface area contributed by atoms with E-state index in [-0.39, 0.29) is 6.79 Å². The monoisotopic (exact) mass is 431 g/mol. The van der Waals surface area contributed by atoms with Crippen molar-refractivity contribution in [3.63, 3.8) is 0 Å². The molecular formula is C24H33NO6. The molecule has 0 unspecified atom stereocenters. The molecule has 7 nitrogen and oxygen atoms in total. The molecule has 0 saturated heterocycles. The first kappa shape index (κ1) is 23.2. The van der Waals surface area contributed by atoms with Crippen LogP contribution in [0.5, 0.6) is 23.0 Å². The summed E-state index contributed by atoms with van der Waals surface area (Å²) < 4.78 is 27.3. The Bertz CT molecular complexity index is 841. The SMILES string of the molecule is COc1ccc(CN(Cc2ccc3c(c2)OCO3)C[C@H](O)COCC(C)C)cc1OC. The lowest BCUT2D eigenvalue weighted by Crippen LogP contribution is -2.34. The van der Waals surface area contributed by atoms with Crippen LogP contribution in [0.25, 0.3) is 0 Å². The standard InChI is InChI=1S/C24H33NO6/c1-17(2)14-29-15-20(26)13-25(11-18-5-7-21(27-3)23(9-18)28-4)12-19-6-8-22-24(10-19)31-16-30-22/h5-10,17,20,26H,11-16H2,1-4H3/t20-/m0/s1. The van der Waals surface area contributed by atoms with Gasteiger partial charge in [-0.25, -0.2) is 0 Å². The normalized spacial score (nSPS) is 13.6. The van der Waals surface area contributed by atoms with Gasteiger partial charge in [0.15, 0.2) is 23.0 Å². The van der Waals surface area contributed by atoms with E-state index in [4.69, 9.17) is 23.7 Å². The van der Waals surface area contributed by atoms with E-state index in [2.05, 4.69) is 18.7 Å². The number of hydrogen-bond donors (Lipinski definition) is 1. The first-order valence-electron chi connectivity index (χ1n) is 10.6. The molecule has 0 spiro atoms. The number of benzene rings is 2. The van der Waals surface area contributed by atoms with Gasteiger partial charge in [0, 0.05) is 26.2 Å². The number of fused-ring (bicyclic) bond motifs is 1. The van der Waals surface area contributed by atoms with E-state index in [1.165, 1.54) is 0 Å². The van der Waals surface area contributed by atoms with Crippen LogP contribution in [0.15, 0.2) is 36.4 Å². The lowest BCUT2D eigenvalue weighted by molar-refractivity contribution is 0.00553. The number of aliphatic hydroxyl groups is 1. The zero-order valence-corrected chi connectivity index (χ0v) is 18.8. The topological polar surface area (TPSA) is 69.6 Å². The lowest BCUT2D eigenvalue weighted by Gasteiger charge is -2.26. The second-order valence-electron chi connectivity index (χ2n) is 8.13. The molecule has 2 aromatic carbocycles. The Hall–Kier alpha value is -2.48. The summed E-state index contributed by atoms with van der Waals surface area (Å²) in [7, 11) is 3.25. The highest BCUT2D eigenvalue weighted by Gasteiger charge is 2.18. The van der Waals surface area contributed by atoms with Gasteiger partial charge in [-0.15, -0.1) is 0 Å². The Morgan fingerprint density at radius 2 is 1.58 bits per heavy atom. The van der Waals surface area contributed by atoms with Crippen LogP contribution in [0, 0.1) is 5.92 Å². The third-order valence-corrected chi connectivity index (χ3v) is 4.93. The summed E-state index contributed by atoms with van der Waals surface area (Å²) in [5.41, 5.74) is 2.15. The Morgan fingerprint density at radius 3 is 2.29 bits per heavy atom. The van der Waals surface area contributed by atoms with Crippen LogP contribution in [0.4, 0.5) is 0 Å². The first-order valence-corrected chi connectivity index (χ1v) is 10.6. The van der Waals surface area contributed by atoms with Crippen molar-refractivity contribution in [1.82, 2.24) is 4.90 Å². The quantitative estimate of drug-likeness (QED) is 0.552. The van der Waals surface area contributed by atoms with Gasteiger partial charge in [-0.05, 0) is 41.3 Å². The predicted molar refractivity (Wildman–Crippen MR) is 118 cm³/mol. The highest BCUT2D eigenvalue weighted by molar-refractivity contribution is 5.45. The summed E-state index contributed by atoms with van der Waals surface area (Å²) in [4.78, 5) is 2.18. The molecule has 170 valence electrons. The molecule has 2 aromatic rings. The van der Waals surface area contributed by atoms with E-state index >= 15 is 0 Å². The van der Waals surface area contributed by atoms with Crippen molar-refractivity contribution in [1.29, 1.82) is 0 Å². The van der Waals surface area contributed by atoms with Crippen LogP contribution in [0.3, 0.4) is 0 Å². The minimum absolute atomic E-state index is 0.250. The van der Waals surface area contributed by atoms with Crippen LogP contribution in [-0.4, -0.2) is 56.9 Å². The summed E-state index contributed by atoms with van der Waals surface area (Å²) >= 11 is 0. The zero-order chi connectivity index (χ0) is 22.2. The Labute approximate surface area is 184 Å². The second kappa shape index (κ2) is 11.2. The highest BCUT2D eigenvalue weighted by Crippen LogP contribution is 2.33. The molecule has 0 amide bonds. The maximum absolute atomic E-state index is 10.6. The highest BCUT2D eigenvalue weighted by atomic mass is 16.7. The van der Waals surface area contributed by atoms with E-state index < -0.39 is 6.10 Å². The third kappa shape index (κ3) is 6.75. The fraction of sp³-hybridized carbons (Fsp3) is 0.500. The molecule has 1 N–H and O–H groups in total.